The Balaban J connectivity index is 2.25. The molecular weight excluding hydrogens is 236 g/mol. The van der Waals surface area contributed by atoms with Gasteiger partial charge in [-0.25, -0.2) is 0 Å². The van der Waals surface area contributed by atoms with Gasteiger partial charge >= 0.3 is 0 Å². The summed E-state index contributed by atoms with van der Waals surface area (Å²) in [6.07, 6.45) is 0. The maximum Gasteiger partial charge on any atom is 0.119 e. The van der Waals surface area contributed by atoms with Crippen LogP contribution in [0.25, 0.3) is 0 Å². The van der Waals surface area contributed by atoms with Crippen molar-refractivity contribution in [2.24, 2.45) is 0 Å². The molecule has 3 nitrogen and oxygen atoms in total. The zero-order valence-electron chi connectivity index (χ0n) is 11.7. The Morgan fingerprint density at radius 1 is 1.11 bits per heavy atom. The summed E-state index contributed by atoms with van der Waals surface area (Å²) >= 11 is 0. The first kappa shape index (κ1) is 13.3. The molecule has 0 saturated heterocycles. The highest BCUT2D eigenvalue weighted by Gasteiger charge is 2.07. The molecule has 0 bridgehead atoms. The smallest absolute Gasteiger partial charge is 0.119 e. The largest absolute Gasteiger partial charge is 0.494 e. The third kappa shape index (κ3) is 2.99. The van der Waals surface area contributed by atoms with E-state index in [2.05, 4.69) is 11.0 Å². The van der Waals surface area contributed by atoms with Gasteiger partial charge in [-0.2, -0.15) is 0 Å². The molecule has 100 valence electrons. The predicted octanol–water partition coefficient (Wildman–Crippen LogP) is 3.74. The average Bonchev–Trinajstić information content (AvgIpc) is 2.39. The highest BCUT2D eigenvalue weighted by atomic mass is 16.5. The van der Waals surface area contributed by atoms with Gasteiger partial charge in [0.05, 0.1) is 18.0 Å². The lowest BCUT2D eigenvalue weighted by Crippen LogP contribution is -2.11. The van der Waals surface area contributed by atoms with Gasteiger partial charge < -0.3 is 15.4 Å². The molecule has 0 fully saturated rings. The molecule has 2 aromatic carbocycles. The molecular formula is C16H20N2O. The number of nitrogen functional groups attached to an aromatic ring is 1. The van der Waals surface area contributed by atoms with E-state index in [1.807, 2.05) is 57.3 Å². The maximum atomic E-state index is 6.07. The molecule has 0 spiro atoms. The summed E-state index contributed by atoms with van der Waals surface area (Å²) in [5.74, 6) is 0.886. The van der Waals surface area contributed by atoms with Gasteiger partial charge in [0.2, 0.25) is 0 Å². The Kier molecular flexibility index (Phi) is 3.95. The van der Waals surface area contributed by atoms with Gasteiger partial charge in [-0.3, -0.25) is 0 Å². The van der Waals surface area contributed by atoms with Gasteiger partial charge in [0.1, 0.15) is 5.75 Å². The number of nitrogens with zero attached hydrogens (tertiary/aromatic N) is 1. The van der Waals surface area contributed by atoms with Crippen LogP contribution in [-0.2, 0) is 0 Å². The maximum absolute atomic E-state index is 6.07. The van der Waals surface area contributed by atoms with E-state index in [0.717, 1.165) is 22.8 Å². The Morgan fingerprint density at radius 2 is 1.79 bits per heavy atom. The van der Waals surface area contributed by atoms with E-state index in [0.29, 0.717) is 6.61 Å². The van der Waals surface area contributed by atoms with Crippen molar-refractivity contribution in [1.29, 1.82) is 0 Å². The van der Waals surface area contributed by atoms with Crippen LogP contribution in [0.15, 0.2) is 42.5 Å². The van der Waals surface area contributed by atoms with E-state index in [1.165, 1.54) is 5.56 Å². The monoisotopic (exact) mass is 256 g/mol. The number of nitrogens with two attached hydrogens (primary N) is 1. The summed E-state index contributed by atoms with van der Waals surface area (Å²) in [5, 5.41) is 0. The topological polar surface area (TPSA) is 38.5 Å². The highest BCUT2D eigenvalue weighted by molar-refractivity contribution is 5.75. The van der Waals surface area contributed by atoms with Gasteiger partial charge in [-0.05, 0) is 55.8 Å². The third-order valence-corrected chi connectivity index (χ3v) is 3.08. The number of ether oxygens (including phenoxy) is 1. The fourth-order valence-corrected chi connectivity index (χ4v) is 2.05. The van der Waals surface area contributed by atoms with Crippen molar-refractivity contribution in [3.05, 3.63) is 48.0 Å². The first-order valence-electron chi connectivity index (χ1n) is 6.44. The second-order valence-corrected chi connectivity index (χ2v) is 4.55. The van der Waals surface area contributed by atoms with Crippen LogP contribution in [0.5, 0.6) is 5.75 Å². The summed E-state index contributed by atoms with van der Waals surface area (Å²) in [5.41, 5.74) is 10.1. The Morgan fingerprint density at radius 3 is 2.37 bits per heavy atom. The van der Waals surface area contributed by atoms with Crippen molar-refractivity contribution < 1.29 is 4.74 Å². The number of rotatable bonds is 4. The second kappa shape index (κ2) is 5.65. The summed E-state index contributed by atoms with van der Waals surface area (Å²) in [7, 11) is 2.01. The molecule has 0 aliphatic rings. The van der Waals surface area contributed by atoms with Crippen LogP contribution in [0.4, 0.5) is 17.1 Å². The lowest BCUT2D eigenvalue weighted by atomic mass is 10.1. The van der Waals surface area contributed by atoms with Crippen LogP contribution in [0.3, 0.4) is 0 Å². The lowest BCUT2D eigenvalue weighted by Gasteiger charge is -2.21. The molecule has 0 atom stereocenters. The summed E-state index contributed by atoms with van der Waals surface area (Å²) in [6.45, 7) is 4.70. The van der Waals surface area contributed by atoms with Crippen molar-refractivity contribution in [1.82, 2.24) is 0 Å². The standard InChI is InChI=1S/C16H20N2O/c1-4-19-14-8-6-13(7-9-14)18(3)16-10-5-12(2)11-15(16)17/h5-11H,4,17H2,1-3H3. The fraction of sp³-hybridized carbons (Fsp3) is 0.250. The minimum atomic E-state index is 0.681. The minimum absolute atomic E-state index is 0.681. The molecule has 0 aromatic heterocycles. The molecule has 0 saturated carbocycles. The van der Waals surface area contributed by atoms with Crippen LogP contribution in [0, 0.1) is 6.92 Å². The first-order valence-corrected chi connectivity index (χ1v) is 6.44. The van der Waals surface area contributed by atoms with E-state index in [-0.39, 0.29) is 0 Å². The summed E-state index contributed by atoms with van der Waals surface area (Å²) in [4.78, 5) is 2.07. The third-order valence-electron chi connectivity index (χ3n) is 3.08. The van der Waals surface area contributed by atoms with E-state index in [1.54, 1.807) is 0 Å². The molecule has 0 unspecified atom stereocenters. The van der Waals surface area contributed by atoms with Crippen LogP contribution in [0.2, 0.25) is 0 Å². The first-order chi connectivity index (χ1) is 9.11. The predicted molar refractivity (Wildman–Crippen MR) is 81.3 cm³/mol. The van der Waals surface area contributed by atoms with Crippen molar-refractivity contribution >= 4 is 17.1 Å². The Labute approximate surface area is 114 Å². The van der Waals surface area contributed by atoms with Gasteiger partial charge in [-0.15, -0.1) is 0 Å². The molecule has 0 amide bonds. The molecule has 0 aliphatic carbocycles. The van der Waals surface area contributed by atoms with Crippen molar-refractivity contribution in [3.63, 3.8) is 0 Å². The van der Waals surface area contributed by atoms with E-state index >= 15 is 0 Å². The van der Waals surface area contributed by atoms with E-state index < -0.39 is 0 Å². The molecule has 2 rings (SSSR count). The van der Waals surface area contributed by atoms with Gasteiger partial charge in [0.15, 0.2) is 0 Å². The van der Waals surface area contributed by atoms with Gasteiger partial charge in [-0.1, -0.05) is 6.07 Å². The second-order valence-electron chi connectivity index (χ2n) is 4.55. The van der Waals surface area contributed by atoms with E-state index in [9.17, 15) is 0 Å². The van der Waals surface area contributed by atoms with Crippen LogP contribution < -0.4 is 15.4 Å². The number of hydrogen-bond donors (Lipinski definition) is 1. The van der Waals surface area contributed by atoms with Crippen LogP contribution in [0.1, 0.15) is 12.5 Å². The number of anilines is 3. The van der Waals surface area contributed by atoms with Gasteiger partial charge in [0, 0.05) is 12.7 Å². The SMILES string of the molecule is CCOc1ccc(N(C)c2ccc(C)cc2N)cc1. The normalized spacial score (nSPS) is 10.3. The molecule has 0 aliphatic heterocycles. The summed E-state index contributed by atoms with van der Waals surface area (Å²) < 4.78 is 5.44. The zero-order valence-corrected chi connectivity index (χ0v) is 11.7. The van der Waals surface area contributed by atoms with Crippen LogP contribution in [-0.4, -0.2) is 13.7 Å². The Bertz CT molecular complexity index is 549. The molecule has 2 N–H and O–H groups in total. The molecule has 0 radical (unpaired) electrons. The summed E-state index contributed by atoms with van der Waals surface area (Å²) in [6, 6.07) is 14.1. The van der Waals surface area contributed by atoms with Gasteiger partial charge in [0.25, 0.3) is 0 Å². The zero-order chi connectivity index (χ0) is 13.8. The number of hydrogen-bond acceptors (Lipinski definition) is 3. The number of aryl methyl sites for hydroxylation is 1. The molecule has 3 heteroatoms. The quantitative estimate of drug-likeness (QED) is 0.847. The molecule has 2 aromatic rings. The van der Waals surface area contributed by atoms with E-state index in [4.69, 9.17) is 10.5 Å². The van der Waals surface area contributed by atoms with Crippen molar-refractivity contribution in [3.8, 4) is 5.75 Å². The molecule has 0 heterocycles. The van der Waals surface area contributed by atoms with Crippen LogP contribution >= 0.6 is 0 Å². The lowest BCUT2D eigenvalue weighted by molar-refractivity contribution is 0.340. The highest BCUT2D eigenvalue weighted by Crippen LogP contribution is 2.30. The average molecular weight is 256 g/mol. The minimum Gasteiger partial charge on any atom is -0.494 e. The fourth-order valence-electron chi connectivity index (χ4n) is 2.05. The van der Waals surface area contributed by atoms with Crippen molar-refractivity contribution in [2.75, 3.05) is 24.3 Å². The Hall–Kier alpha value is -2.16. The van der Waals surface area contributed by atoms with Crippen molar-refractivity contribution in [2.45, 2.75) is 13.8 Å². The number of benzene rings is 2. The molecule has 19 heavy (non-hydrogen) atoms.